The molecule has 0 N–H and O–H groups in total. The van der Waals surface area contributed by atoms with Crippen molar-refractivity contribution in [2.45, 2.75) is 0 Å². The molecule has 1 fully saturated rings. The Bertz CT molecular complexity index is 323. The van der Waals surface area contributed by atoms with Crippen LogP contribution in [0.25, 0.3) is 0 Å². The first kappa shape index (κ1) is 10.2. The van der Waals surface area contributed by atoms with Gasteiger partial charge in [0.25, 0.3) is 0 Å². The number of aromatic nitrogens is 2. The second kappa shape index (κ2) is 4.44. The van der Waals surface area contributed by atoms with Crippen molar-refractivity contribution >= 4 is 11.6 Å². The maximum Gasteiger partial charge on any atom is 0.134 e. The fourth-order valence-electron chi connectivity index (χ4n) is 1.55. The van der Waals surface area contributed by atoms with Crippen molar-refractivity contribution in [2.24, 2.45) is 0 Å². The SMILES string of the molecule is CN(C)c1cc(N2CCOCC2)ncn1. The van der Waals surface area contributed by atoms with E-state index in [-0.39, 0.29) is 0 Å². The van der Waals surface area contributed by atoms with Crippen LogP contribution >= 0.6 is 0 Å². The molecule has 1 aromatic rings. The van der Waals surface area contributed by atoms with Gasteiger partial charge in [-0.25, -0.2) is 9.97 Å². The van der Waals surface area contributed by atoms with Crippen LogP contribution in [0.3, 0.4) is 0 Å². The molecule has 0 aliphatic carbocycles. The molecule has 2 rings (SSSR count). The lowest BCUT2D eigenvalue weighted by atomic mass is 10.4. The highest BCUT2D eigenvalue weighted by Gasteiger charge is 2.13. The summed E-state index contributed by atoms with van der Waals surface area (Å²) in [7, 11) is 3.96. The number of hydrogen-bond donors (Lipinski definition) is 0. The Balaban J connectivity index is 2.16. The second-order valence-corrected chi connectivity index (χ2v) is 3.73. The van der Waals surface area contributed by atoms with Gasteiger partial charge in [-0.2, -0.15) is 0 Å². The standard InChI is InChI=1S/C10H16N4O/c1-13(2)9-7-10(12-8-11-9)14-3-5-15-6-4-14/h7-8H,3-6H2,1-2H3. The van der Waals surface area contributed by atoms with E-state index in [1.54, 1.807) is 6.33 Å². The highest BCUT2D eigenvalue weighted by Crippen LogP contribution is 2.16. The molecule has 0 atom stereocenters. The van der Waals surface area contributed by atoms with E-state index in [0.29, 0.717) is 0 Å². The highest BCUT2D eigenvalue weighted by atomic mass is 16.5. The van der Waals surface area contributed by atoms with E-state index >= 15 is 0 Å². The summed E-state index contributed by atoms with van der Waals surface area (Å²) in [5.74, 6) is 1.92. The quantitative estimate of drug-likeness (QED) is 0.703. The second-order valence-electron chi connectivity index (χ2n) is 3.73. The largest absolute Gasteiger partial charge is 0.378 e. The molecule has 0 aromatic carbocycles. The summed E-state index contributed by atoms with van der Waals surface area (Å²) in [5.41, 5.74) is 0. The average molecular weight is 208 g/mol. The predicted octanol–water partition coefficient (Wildman–Crippen LogP) is 0.379. The Hall–Kier alpha value is -1.36. The minimum atomic E-state index is 0.779. The summed E-state index contributed by atoms with van der Waals surface area (Å²) in [4.78, 5) is 12.7. The van der Waals surface area contributed by atoms with Crippen LogP contribution in [0.4, 0.5) is 11.6 Å². The zero-order valence-corrected chi connectivity index (χ0v) is 9.18. The molecule has 0 bridgehead atoms. The molecule has 82 valence electrons. The molecule has 0 amide bonds. The van der Waals surface area contributed by atoms with Crippen LogP contribution in [-0.4, -0.2) is 50.4 Å². The van der Waals surface area contributed by atoms with Gasteiger partial charge in [-0.3, -0.25) is 0 Å². The molecule has 1 aliphatic heterocycles. The van der Waals surface area contributed by atoms with Crippen LogP contribution in [0, 0.1) is 0 Å². The van der Waals surface area contributed by atoms with Crippen molar-refractivity contribution in [1.29, 1.82) is 0 Å². The molecule has 0 spiro atoms. The van der Waals surface area contributed by atoms with E-state index in [9.17, 15) is 0 Å². The van der Waals surface area contributed by atoms with Crippen LogP contribution in [0.1, 0.15) is 0 Å². The molecule has 1 aromatic heterocycles. The van der Waals surface area contributed by atoms with Crippen molar-refractivity contribution in [1.82, 2.24) is 9.97 Å². The fraction of sp³-hybridized carbons (Fsp3) is 0.600. The van der Waals surface area contributed by atoms with Gasteiger partial charge in [0, 0.05) is 33.3 Å². The first-order valence-corrected chi connectivity index (χ1v) is 5.09. The zero-order valence-electron chi connectivity index (χ0n) is 9.18. The van der Waals surface area contributed by atoms with Gasteiger partial charge in [-0.05, 0) is 0 Å². The number of ether oxygens (including phenoxy) is 1. The van der Waals surface area contributed by atoms with Gasteiger partial charge in [0.15, 0.2) is 0 Å². The summed E-state index contributed by atoms with van der Waals surface area (Å²) in [5, 5.41) is 0. The van der Waals surface area contributed by atoms with Crippen molar-refractivity contribution in [3.05, 3.63) is 12.4 Å². The van der Waals surface area contributed by atoms with Crippen molar-refractivity contribution < 1.29 is 4.74 Å². The lowest BCUT2D eigenvalue weighted by molar-refractivity contribution is 0.122. The number of anilines is 2. The van der Waals surface area contributed by atoms with E-state index in [1.165, 1.54) is 0 Å². The minimum absolute atomic E-state index is 0.779. The molecular weight excluding hydrogens is 192 g/mol. The van der Waals surface area contributed by atoms with Crippen molar-refractivity contribution in [3.63, 3.8) is 0 Å². The molecule has 0 saturated carbocycles. The number of nitrogens with zero attached hydrogens (tertiary/aromatic N) is 4. The Morgan fingerprint density at radius 1 is 1.27 bits per heavy atom. The van der Waals surface area contributed by atoms with Crippen LogP contribution in [0.5, 0.6) is 0 Å². The van der Waals surface area contributed by atoms with Gasteiger partial charge >= 0.3 is 0 Å². The normalized spacial score (nSPS) is 16.5. The first-order chi connectivity index (χ1) is 7.27. The van der Waals surface area contributed by atoms with E-state index < -0.39 is 0 Å². The maximum absolute atomic E-state index is 5.30. The summed E-state index contributed by atoms with van der Waals surface area (Å²) in [6.45, 7) is 3.37. The minimum Gasteiger partial charge on any atom is -0.378 e. The fourth-order valence-corrected chi connectivity index (χ4v) is 1.55. The van der Waals surface area contributed by atoms with Gasteiger partial charge in [-0.1, -0.05) is 0 Å². The molecule has 2 heterocycles. The van der Waals surface area contributed by atoms with E-state index in [2.05, 4.69) is 14.9 Å². The predicted molar refractivity (Wildman–Crippen MR) is 59.4 cm³/mol. The first-order valence-electron chi connectivity index (χ1n) is 5.09. The third-order valence-corrected chi connectivity index (χ3v) is 2.43. The Morgan fingerprint density at radius 3 is 2.67 bits per heavy atom. The van der Waals surface area contributed by atoms with Gasteiger partial charge in [-0.15, -0.1) is 0 Å². The van der Waals surface area contributed by atoms with Gasteiger partial charge in [0.05, 0.1) is 13.2 Å². The van der Waals surface area contributed by atoms with Gasteiger partial charge < -0.3 is 14.5 Å². The molecule has 0 radical (unpaired) electrons. The summed E-state index contributed by atoms with van der Waals surface area (Å²) in [6.07, 6.45) is 1.61. The Kier molecular flexibility index (Phi) is 3.01. The molecule has 1 saturated heterocycles. The number of morpholine rings is 1. The van der Waals surface area contributed by atoms with Crippen molar-refractivity contribution in [2.75, 3.05) is 50.2 Å². The monoisotopic (exact) mass is 208 g/mol. The van der Waals surface area contributed by atoms with E-state index in [0.717, 1.165) is 37.9 Å². The zero-order chi connectivity index (χ0) is 10.7. The van der Waals surface area contributed by atoms with Crippen LogP contribution in [-0.2, 0) is 4.74 Å². The molecule has 1 aliphatic rings. The third kappa shape index (κ3) is 2.36. The average Bonchev–Trinajstić information content (AvgIpc) is 2.30. The Labute approximate surface area is 89.7 Å². The third-order valence-electron chi connectivity index (χ3n) is 2.43. The Morgan fingerprint density at radius 2 is 2.00 bits per heavy atom. The summed E-state index contributed by atoms with van der Waals surface area (Å²) >= 11 is 0. The van der Waals surface area contributed by atoms with Crippen molar-refractivity contribution in [3.8, 4) is 0 Å². The van der Waals surface area contributed by atoms with E-state index in [4.69, 9.17) is 4.74 Å². The topological polar surface area (TPSA) is 41.5 Å². The highest BCUT2D eigenvalue weighted by molar-refractivity contribution is 5.49. The summed E-state index contributed by atoms with van der Waals surface area (Å²) < 4.78 is 5.30. The van der Waals surface area contributed by atoms with Crippen LogP contribution < -0.4 is 9.80 Å². The van der Waals surface area contributed by atoms with Crippen LogP contribution in [0.15, 0.2) is 12.4 Å². The van der Waals surface area contributed by atoms with E-state index in [1.807, 2.05) is 25.1 Å². The molecule has 5 heteroatoms. The smallest absolute Gasteiger partial charge is 0.134 e. The molecule has 5 nitrogen and oxygen atoms in total. The molecule has 15 heavy (non-hydrogen) atoms. The lowest BCUT2D eigenvalue weighted by Crippen LogP contribution is -2.36. The van der Waals surface area contributed by atoms with Gasteiger partial charge in [0.2, 0.25) is 0 Å². The summed E-state index contributed by atoms with van der Waals surface area (Å²) in [6, 6.07) is 2.01. The lowest BCUT2D eigenvalue weighted by Gasteiger charge is -2.28. The number of rotatable bonds is 2. The van der Waals surface area contributed by atoms with Crippen LogP contribution in [0.2, 0.25) is 0 Å². The van der Waals surface area contributed by atoms with Gasteiger partial charge in [0.1, 0.15) is 18.0 Å². The number of hydrogen-bond acceptors (Lipinski definition) is 5. The molecule has 0 unspecified atom stereocenters. The molecular formula is C10H16N4O. The maximum atomic E-state index is 5.30.